The Labute approximate surface area is 113 Å². The summed E-state index contributed by atoms with van der Waals surface area (Å²) in [7, 11) is 1.49. The molecule has 100 valence electrons. The fraction of sp³-hybridized carbons (Fsp3) is 0.0667. The molecule has 0 radical (unpaired) electrons. The Bertz CT molecular complexity index is 843. The van der Waals surface area contributed by atoms with Crippen molar-refractivity contribution in [2.24, 2.45) is 0 Å². The molecule has 0 aliphatic rings. The summed E-state index contributed by atoms with van der Waals surface area (Å²) in [5.74, 6) is 0.0788. The largest absolute Gasteiger partial charge is 0.497 e. The van der Waals surface area contributed by atoms with Gasteiger partial charge in [0.2, 0.25) is 0 Å². The van der Waals surface area contributed by atoms with Crippen LogP contribution in [0.1, 0.15) is 0 Å². The summed E-state index contributed by atoms with van der Waals surface area (Å²) in [6.45, 7) is 0. The summed E-state index contributed by atoms with van der Waals surface area (Å²) >= 11 is 0. The molecule has 1 aromatic heterocycles. The Kier molecular flexibility index (Phi) is 2.95. The lowest BCUT2D eigenvalue weighted by molar-refractivity contribution is 0.411. The van der Waals surface area contributed by atoms with E-state index in [-0.39, 0.29) is 11.4 Å². The molecule has 0 aliphatic carbocycles. The second-order valence-corrected chi connectivity index (χ2v) is 4.31. The topological polar surface area (TPSA) is 55.0 Å². The first-order valence-electron chi connectivity index (χ1n) is 6.00. The maximum Gasteiger partial charge on any atom is 0.258 e. The van der Waals surface area contributed by atoms with E-state index in [2.05, 4.69) is 9.97 Å². The van der Waals surface area contributed by atoms with Crippen molar-refractivity contribution in [3.05, 3.63) is 58.9 Å². The van der Waals surface area contributed by atoms with Gasteiger partial charge >= 0.3 is 0 Å². The van der Waals surface area contributed by atoms with E-state index in [1.165, 1.54) is 19.5 Å². The summed E-state index contributed by atoms with van der Waals surface area (Å²) in [6.07, 6.45) is 1.33. The number of nitrogens with one attached hydrogen (secondary N) is 1. The van der Waals surface area contributed by atoms with Crippen LogP contribution in [0.15, 0.2) is 47.5 Å². The van der Waals surface area contributed by atoms with Gasteiger partial charge in [-0.25, -0.2) is 9.37 Å². The van der Waals surface area contributed by atoms with E-state index in [1.54, 1.807) is 30.3 Å². The zero-order valence-corrected chi connectivity index (χ0v) is 10.7. The van der Waals surface area contributed by atoms with E-state index in [1.807, 2.05) is 0 Å². The number of fused-ring (bicyclic) bond motifs is 1. The Balaban J connectivity index is 2.17. The highest BCUT2D eigenvalue weighted by molar-refractivity contribution is 5.83. The van der Waals surface area contributed by atoms with Crippen molar-refractivity contribution in [1.82, 2.24) is 9.97 Å². The molecule has 1 N–H and O–H groups in total. The molecule has 4 nitrogen and oxygen atoms in total. The zero-order valence-electron chi connectivity index (χ0n) is 10.7. The Hall–Kier alpha value is -2.69. The molecular formula is C15H11FN2O2. The van der Waals surface area contributed by atoms with Crippen LogP contribution in [0.4, 0.5) is 4.39 Å². The highest BCUT2D eigenvalue weighted by Gasteiger charge is 2.08. The molecule has 0 saturated heterocycles. The number of halogens is 1. The van der Waals surface area contributed by atoms with Gasteiger partial charge in [-0.1, -0.05) is 6.07 Å². The molecule has 0 spiro atoms. The average Bonchev–Trinajstić information content (AvgIpc) is 2.47. The smallest absolute Gasteiger partial charge is 0.258 e. The van der Waals surface area contributed by atoms with Crippen LogP contribution < -0.4 is 10.3 Å². The molecule has 0 aliphatic heterocycles. The fourth-order valence-corrected chi connectivity index (χ4v) is 2.09. The minimum atomic E-state index is -0.381. The predicted molar refractivity (Wildman–Crippen MR) is 74.3 cm³/mol. The Morgan fingerprint density at radius 3 is 2.80 bits per heavy atom. The minimum Gasteiger partial charge on any atom is -0.497 e. The zero-order chi connectivity index (χ0) is 14.1. The van der Waals surface area contributed by atoms with Crippen LogP contribution in [0, 0.1) is 5.82 Å². The van der Waals surface area contributed by atoms with Gasteiger partial charge in [0, 0.05) is 11.6 Å². The van der Waals surface area contributed by atoms with Crippen molar-refractivity contribution < 1.29 is 9.13 Å². The molecule has 20 heavy (non-hydrogen) atoms. The van der Waals surface area contributed by atoms with Gasteiger partial charge in [-0.3, -0.25) is 4.79 Å². The first kappa shape index (κ1) is 12.3. The highest BCUT2D eigenvalue weighted by atomic mass is 19.1. The molecular weight excluding hydrogens is 259 g/mol. The van der Waals surface area contributed by atoms with E-state index >= 15 is 0 Å². The third-order valence-electron chi connectivity index (χ3n) is 3.13. The number of benzene rings is 2. The maximum atomic E-state index is 14.0. The number of hydrogen-bond acceptors (Lipinski definition) is 3. The third kappa shape index (κ3) is 2.03. The summed E-state index contributed by atoms with van der Waals surface area (Å²) in [5, 5.41) is 0.477. The lowest BCUT2D eigenvalue weighted by Crippen LogP contribution is -2.05. The van der Waals surface area contributed by atoms with Crippen LogP contribution in [-0.2, 0) is 0 Å². The number of hydrogen-bond donors (Lipinski definition) is 1. The normalized spacial score (nSPS) is 10.7. The molecule has 2 aromatic carbocycles. The van der Waals surface area contributed by atoms with E-state index in [4.69, 9.17) is 4.74 Å². The van der Waals surface area contributed by atoms with Crippen molar-refractivity contribution >= 4 is 10.9 Å². The fourth-order valence-electron chi connectivity index (χ4n) is 2.09. The van der Waals surface area contributed by atoms with Crippen molar-refractivity contribution in [2.75, 3.05) is 7.11 Å². The van der Waals surface area contributed by atoms with Crippen LogP contribution in [0.2, 0.25) is 0 Å². The number of rotatable bonds is 2. The summed E-state index contributed by atoms with van der Waals surface area (Å²) in [6, 6.07) is 9.68. The average molecular weight is 270 g/mol. The van der Waals surface area contributed by atoms with Gasteiger partial charge in [0.1, 0.15) is 11.6 Å². The summed E-state index contributed by atoms with van der Waals surface area (Å²) in [4.78, 5) is 18.2. The highest BCUT2D eigenvalue weighted by Crippen LogP contribution is 2.27. The van der Waals surface area contributed by atoms with Crippen LogP contribution in [0.25, 0.3) is 22.0 Å². The van der Waals surface area contributed by atoms with E-state index in [0.29, 0.717) is 27.8 Å². The SMILES string of the molecule is COc1ccc(-c2ccc3c(=O)[nH]cnc3c2)c(F)c1. The van der Waals surface area contributed by atoms with Gasteiger partial charge in [0.25, 0.3) is 5.56 Å². The number of aromatic nitrogens is 2. The van der Waals surface area contributed by atoms with Crippen LogP contribution in [-0.4, -0.2) is 17.1 Å². The molecule has 1 heterocycles. The summed E-state index contributed by atoms with van der Waals surface area (Å²) in [5.41, 5.74) is 1.42. The quantitative estimate of drug-likeness (QED) is 0.779. The standard InChI is InChI=1S/C15H11FN2O2/c1-20-10-3-5-11(13(16)7-10)9-2-4-12-14(6-9)17-8-18-15(12)19/h2-8H,1H3,(H,17,18,19). The second kappa shape index (κ2) is 4.77. The molecule has 0 saturated carbocycles. The number of aromatic amines is 1. The molecule has 0 bridgehead atoms. The monoisotopic (exact) mass is 270 g/mol. The van der Waals surface area contributed by atoms with Crippen molar-refractivity contribution in [3.8, 4) is 16.9 Å². The molecule has 5 heteroatoms. The van der Waals surface area contributed by atoms with E-state index in [0.717, 1.165) is 0 Å². The molecule has 3 rings (SSSR count). The van der Waals surface area contributed by atoms with Gasteiger partial charge in [0.15, 0.2) is 0 Å². The number of ether oxygens (including phenoxy) is 1. The Morgan fingerprint density at radius 2 is 2.05 bits per heavy atom. The van der Waals surface area contributed by atoms with Gasteiger partial charge in [-0.2, -0.15) is 0 Å². The summed E-state index contributed by atoms with van der Waals surface area (Å²) < 4.78 is 19.0. The molecule has 3 aromatic rings. The lowest BCUT2D eigenvalue weighted by atomic mass is 10.0. The van der Waals surface area contributed by atoms with Crippen LogP contribution >= 0.6 is 0 Å². The number of nitrogens with zero attached hydrogens (tertiary/aromatic N) is 1. The van der Waals surface area contributed by atoms with Crippen molar-refractivity contribution in [2.45, 2.75) is 0 Å². The maximum absolute atomic E-state index is 14.0. The van der Waals surface area contributed by atoms with Gasteiger partial charge < -0.3 is 9.72 Å². The first-order valence-corrected chi connectivity index (χ1v) is 6.00. The second-order valence-electron chi connectivity index (χ2n) is 4.31. The number of H-pyrrole nitrogens is 1. The molecule has 0 unspecified atom stereocenters. The lowest BCUT2D eigenvalue weighted by Gasteiger charge is -2.06. The third-order valence-corrected chi connectivity index (χ3v) is 3.13. The number of methoxy groups -OCH3 is 1. The van der Waals surface area contributed by atoms with Gasteiger partial charge in [0.05, 0.1) is 24.3 Å². The van der Waals surface area contributed by atoms with E-state index < -0.39 is 0 Å². The molecule has 0 amide bonds. The predicted octanol–water partition coefficient (Wildman–Crippen LogP) is 2.74. The van der Waals surface area contributed by atoms with Crippen LogP contribution in [0.3, 0.4) is 0 Å². The van der Waals surface area contributed by atoms with Gasteiger partial charge in [-0.15, -0.1) is 0 Å². The minimum absolute atomic E-state index is 0.211. The van der Waals surface area contributed by atoms with E-state index in [9.17, 15) is 9.18 Å². The van der Waals surface area contributed by atoms with Gasteiger partial charge in [-0.05, 0) is 29.8 Å². The molecule has 0 fully saturated rings. The van der Waals surface area contributed by atoms with Crippen LogP contribution in [0.5, 0.6) is 5.75 Å². The Morgan fingerprint density at radius 1 is 1.20 bits per heavy atom. The first-order chi connectivity index (χ1) is 9.69. The van der Waals surface area contributed by atoms with Crippen molar-refractivity contribution in [3.63, 3.8) is 0 Å². The molecule has 0 atom stereocenters. The van der Waals surface area contributed by atoms with Crippen molar-refractivity contribution in [1.29, 1.82) is 0 Å².